The van der Waals surface area contributed by atoms with Gasteiger partial charge in [0.25, 0.3) is 0 Å². The van der Waals surface area contributed by atoms with Gasteiger partial charge in [0.1, 0.15) is 11.8 Å². The van der Waals surface area contributed by atoms with Gasteiger partial charge in [-0.3, -0.25) is 9.59 Å². The van der Waals surface area contributed by atoms with E-state index >= 15 is 0 Å². The number of ether oxygens (including phenoxy) is 1. The van der Waals surface area contributed by atoms with Crippen LogP contribution < -0.4 is 10.1 Å². The molecule has 2 aromatic carbocycles. The highest BCUT2D eigenvalue weighted by Gasteiger charge is 2.31. The lowest BCUT2D eigenvalue weighted by Crippen LogP contribution is -2.52. The van der Waals surface area contributed by atoms with Gasteiger partial charge in [-0.1, -0.05) is 44.5 Å². The Balaban J connectivity index is 2.31. The molecule has 0 spiro atoms. The smallest absolute Gasteiger partial charge is 0.243 e. The van der Waals surface area contributed by atoms with Crippen LogP contribution in [0.15, 0.2) is 53.4 Å². The summed E-state index contributed by atoms with van der Waals surface area (Å²) in [4.78, 5) is 27.9. The number of sulfonamides is 1. The number of methoxy groups -OCH3 is 1. The number of hydrogen-bond acceptors (Lipinski definition) is 5. The molecule has 0 saturated carbocycles. The number of amides is 2. The first kappa shape index (κ1) is 28.6. The first-order chi connectivity index (χ1) is 16.5. The molecule has 1 atom stereocenters. The number of rotatable bonds is 12. The minimum absolute atomic E-state index is 0.0284. The van der Waals surface area contributed by atoms with Crippen LogP contribution in [0.3, 0.4) is 0 Å². The molecule has 0 aliphatic carbocycles. The normalized spacial score (nSPS) is 12.5. The molecule has 0 aliphatic heterocycles. The lowest BCUT2D eigenvalue weighted by atomic mass is 10.1. The monoisotopic (exact) mass is 523 g/mol. The van der Waals surface area contributed by atoms with E-state index in [2.05, 4.69) is 5.32 Å². The first-order valence-corrected chi connectivity index (χ1v) is 13.2. The van der Waals surface area contributed by atoms with Crippen molar-refractivity contribution in [2.45, 2.75) is 44.7 Å². The molecule has 0 saturated heterocycles. The summed E-state index contributed by atoms with van der Waals surface area (Å²) in [6, 6.07) is 12.2. The Labute approximate surface area is 213 Å². The summed E-state index contributed by atoms with van der Waals surface area (Å²) in [7, 11) is -1.03. The fraction of sp³-hybridized carbons (Fsp3) is 0.440. The second-order valence-corrected chi connectivity index (χ2v) is 11.1. The standard InChI is InChI=1S/C25H34ClN3O5S/c1-6-23(25(31)27-15-18(2)3)29(16-19-7-11-21(34-5)12-8-19)24(30)17-28(4)35(32,33)22-13-9-20(26)10-14-22/h7-14,18,23H,6,15-17H2,1-5H3,(H,27,31)/t23-/m0/s1. The van der Waals surface area contributed by atoms with Gasteiger partial charge in [0, 0.05) is 25.2 Å². The number of carbonyl (C=O) groups excluding carboxylic acids is 2. The van der Waals surface area contributed by atoms with Gasteiger partial charge in [-0.05, 0) is 54.3 Å². The molecule has 0 aromatic heterocycles. The van der Waals surface area contributed by atoms with Crippen molar-refractivity contribution in [3.05, 3.63) is 59.1 Å². The Morgan fingerprint density at radius 3 is 2.17 bits per heavy atom. The van der Waals surface area contributed by atoms with Gasteiger partial charge in [0.2, 0.25) is 21.8 Å². The highest BCUT2D eigenvalue weighted by atomic mass is 35.5. The largest absolute Gasteiger partial charge is 0.497 e. The Bertz CT molecular complexity index is 1090. The summed E-state index contributed by atoms with van der Waals surface area (Å²) in [5.41, 5.74) is 0.789. The van der Waals surface area contributed by atoms with E-state index in [9.17, 15) is 18.0 Å². The summed E-state index contributed by atoms with van der Waals surface area (Å²) >= 11 is 5.87. The number of likely N-dealkylation sites (N-methyl/N-ethyl adjacent to an activating group) is 1. The van der Waals surface area contributed by atoms with E-state index in [0.29, 0.717) is 23.7 Å². The third-order valence-corrected chi connectivity index (χ3v) is 7.53. The number of hydrogen-bond donors (Lipinski definition) is 1. The van der Waals surface area contributed by atoms with E-state index in [0.717, 1.165) is 9.87 Å². The van der Waals surface area contributed by atoms with Crippen LogP contribution in [0.4, 0.5) is 0 Å². The molecule has 0 unspecified atom stereocenters. The molecular formula is C25H34ClN3O5S. The Hall–Kier alpha value is -2.62. The Kier molecular flexibility index (Phi) is 10.5. The molecule has 0 fully saturated rings. The maximum absolute atomic E-state index is 13.5. The van der Waals surface area contributed by atoms with Gasteiger partial charge >= 0.3 is 0 Å². The number of benzene rings is 2. The average molecular weight is 524 g/mol. The molecule has 0 radical (unpaired) electrons. The van der Waals surface area contributed by atoms with Gasteiger partial charge < -0.3 is 15.0 Å². The van der Waals surface area contributed by atoms with Crippen molar-refractivity contribution in [2.75, 3.05) is 27.2 Å². The van der Waals surface area contributed by atoms with Crippen molar-refractivity contribution in [3.8, 4) is 5.75 Å². The molecule has 0 aliphatic rings. The van der Waals surface area contributed by atoms with Crippen LogP contribution in [-0.4, -0.2) is 62.7 Å². The van der Waals surface area contributed by atoms with Crippen LogP contribution in [0, 0.1) is 5.92 Å². The van der Waals surface area contributed by atoms with Crippen LogP contribution >= 0.6 is 11.6 Å². The van der Waals surface area contributed by atoms with E-state index < -0.39 is 28.5 Å². The van der Waals surface area contributed by atoms with Crippen LogP contribution in [0.2, 0.25) is 5.02 Å². The zero-order chi connectivity index (χ0) is 26.2. The van der Waals surface area contributed by atoms with E-state index in [-0.39, 0.29) is 23.3 Å². The number of nitrogens with one attached hydrogen (secondary N) is 1. The SMILES string of the molecule is CC[C@@H](C(=O)NCC(C)C)N(Cc1ccc(OC)cc1)C(=O)CN(C)S(=O)(=O)c1ccc(Cl)cc1. The van der Waals surface area contributed by atoms with Gasteiger partial charge in [0.05, 0.1) is 18.6 Å². The molecular weight excluding hydrogens is 490 g/mol. The van der Waals surface area contributed by atoms with Gasteiger partial charge in [-0.2, -0.15) is 4.31 Å². The Morgan fingerprint density at radius 2 is 1.66 bits per heavy atom. The van der Waals surface area contributed by atoms with Crippen molar-refractivity contribution < 1.29 is 22.7 Å². The van der Waals surface area contributed by atoms with E-state index in [1.54, 1.807) is 19.2 Å². The predicted octanol–water partition coefficient (Wildman–Crippen LogP) is 3.55. The van der Waals surface area contributed by atoms with Gasteiger partial charge in [0.15, 0.2) is 0 Å². The topological polar surface area (TPSA) is 96.0 Å². The van der Waals surface area contributed by atoms with Gasteiger partial charge in [-0.15, -0.1) is 0 Å². The Morgan fingerprint density at radius 1 is 1.06 bits per heavy atom. The van der Waals surface area contributed by atoms with E-state index in [1.807, 2.05) is 32.9 Å². The third-order valence-electron chi connectivity index (χ3n) is 5.46. The quantitative estimate of drug-likeness (QED) is 0.459. The molecule has 35 heavy (non-hydrogen) atoms. The maximum atomic E-state index is 13.5. The molecule has 192 valence electrons. The molecule has 2 aromatic rings. The highest BCUT2D eigenvalue weighted by molar-refractivity contribution is 7.89. The van der Waals surface area contributed by atoms with Crippen molar-refractivity contribution in [2.24, 2.45) is 5.92 Å². The predicted molar refractivity (Wildman–Crippen MR) is 137 cm³/mol. The van der Waals surface area contributed by atoms with Crippen molar-refractivity contribution in [3.63, 3.8) is 0 Å². The number of carbonyl (C=O) groups is 2. The first-order valence-electron chi connectivity index (χ1n) is 11.4. The zero-order valence-electron chi connectivity index (χ0n) is 20.8. The zero-order valence-corrected chi connectivity index (χ0v) is 22.4. The van der Waals surface area contributed by atoms with Crippen molar-refractivity contribution >= 4 is 33.4 Å². The van der Waals surface area contributed by atoms with Crippen molar-refractivity contribution in [1.82, 2.24) is 14.5 Å². The lowest BCUT2D eigenvalue weighted by Gasteiger charge is -2.32. The minimum atomic E-state index is -3.93. The summed E-state index contributed by atoms with van der Waals surface area (Å²) in [6.45, 7) is 5.99. The highest BCUT2D eigenvalue weighted by Crippen LogP contribution is 2.20. The molecule has 10 heteroatoms. The number of nitrogens with zero attached hydrogens (tertiary/aromatic N) is 2. The van der Waals surface area contributed by atoms with E-state index in [4.69, 9.17) is 16.3 Å². The van der Waals surface area contributed by atoms with E-state index in [1.165, 1.54) is 36.2 Å². The van der Waals surface area contributed by atoms with Crippen LogP contribution in [0.5, 0.6) is 5.75 Å². The maximum Gasteiger partial charge on any atom is 0.243 e. The fourth-order valence-corrected chi connectivity index (χ4v) is 4.67. The summed E-state index contributed by atoms with van der Waals surface area (Å²) in [5.74, 6) is 0.165. The van der Waals surface area contributed by atoms with Crippen molar-refractivity contribution in [1.29, 1.82) is 0 Å². The second kappa shape index (κ2) is 12.9. The number of halogens is 1. The summed E-state index contributed by atoms with van der Waals surface area (Å²) in [5, 5.41) is 3.30. The minimum Gasteiger partial charge on any atom is -0.497 e. The van der Waals surface area contributed by atoms with Crippen LogP contribution in [0.25, 0.3) is 0 Å². The van der Waals surface area contributed by atoms with Gasteiger partial charge in [-0.25, -0.2) is 8.42 Å². The second-order valence-electron chi connectivity index (χ2n) is 8.65. The molecule has 1 N–H and O–H groups in total. The molecule has 2 amide bonds. The van der Waals surface area contributed by atoms with Crippen LogP contribution in [0.1, 0.15) is 32.8 Å². The lowest BCUT2D eigenvalue weighted by molar-refractivity contribution is -0.141. The average Bonchev–Trinajstić information content (AvgIpc) is 2.83. The summed E-state index contributed by atoms with van der Waals surface area (Å²) in [6.07, 6.45) is 0.374. The third kappa shape index (κ3) is 7.95. The fourth-order valence-electron chi connectivity index (χ4n) is 3.42. The molecule has 2 rings (SSSR count). The molecule has 0 bridgehead atoms. The molecule has 0 heterocycles. The molecule has 8 nitrogen and oxygen atoms in total. The van der Waals surface area contributed by atoms with Crippen LogP contribution in [-0.2, 0) is 26.2 Å². The summed E-state index contributed by atoms with van der Waals surface area (Å²) < 4.78 is 32.2.